The zero-order valence-corrected chi connectivity index (χ0v) is 22.5. The summed E-state index contributed by atoms with van der Waals surface area (Å²) in [6.07, 6.45) is 0.484. The molecule has 2 amide bonds. The van der Waals surface area contributed by atoms with E-state index in [0.717, 1.165) is 22.4 Å². The molecule has 0 saturated heterocycles. The zero-order chi connectivity index (χ0) is 27.5. The number of carbonyl (C=O) groups excluding carboxylic acids is 2. The second-order valence-electron chi connectivity index (χ2n) is 9.19. The van der Waals surface area contributed by atoms with Gasteiger partial charge < -0.3 is 14.8 Å². The first kappa shape index (κ1) is 26.4. The Hall–Kier alpha value is -4.18. The van der Waals surface area contributed by atoms with Crippen LogP contribution in [0.15, 0.2) is 76.8 Å². The maximum atomic E-state index is 13.5. The van der Waals surface area contributed by atoms with Crippen molar-refractivity contribution in [3.05, 3.63) is 89.2 Å². The van der Waals surface area contributed by atoms with E-state index in [1.54, 1.807) is 35.3 Å². The number of methoxy groups -OCH3 is 2. The Bertz CT molecular complexity index is 1460. The van der Waals surface area contributed by atoms with Crippen molar-refractivity contribution in [3.8, 4) is 11.5 Å². The molecule has 39 heavy (non-hydrogen) atoms. The van der Waals surface area contributed by atoms with Crippen molar-refractivity contribution in [2.24, 2.45) is 10.1 Å². The lowest BCUT2D eigenvalue weighted by atomic mass is 9.98. The summed E-state index contributed by atoms with van der Waals surface area (Å²) in [6.45, 7) is 2.02. The molecule has 2 atom stereocenters. The summed E-state index contributed by atoms with van der Waals surface area (Å²) in [5, 5.41) is 9.09. The van der Waals surface area contributed by atoms with E-state index in [2.05, 4.69) is 10.3 Å². The molecular formula is C29H27FN4O4S. The molecule has 3 aromatic rings. The molecule has 10 heteroatoms. The summed E-state index contributed by atoms with van der Waals surface area (Å²) in [4.78, 5) is 30.1. The van der Waals surface area contributed by atoms with Crippen molar-refractivity contribution >= 4 is 40.1 Å². The minimum absolute atomic E-state index is 0.0750. The number of amides is 2. The molecule has 0 aromatic heterocycles. The highest BCUT2D eigenvalue weighted by Gasteiger charge is 2.39. The molecule has 0 fully saturated rings. The lowest BCUT2D eigenvalue weighted by Crippen LogP contribution is -2.25. The minimum atomic E-state index is -0.694. The standard InChI is InChI=1S/C29H27FN4O4S/c1-17-4-6-19(7-5-17)24-15-22(18-8-10-20(30)11-9-18)33-34(24)29-32-28(36)26(39-29)16-27(35)31-23-14-21(37-2)12-13-25(23)38-3/h4-14,24,26H,15-16H2,1-3H3,(H,31,35)/t24-,26-/m0/s1. The second kappa shape index (κ2) is 11.3. The van der Waals surface area contributed by atoms with Gasteiger partial charge in [0.2, 0.25) is 5.91 Å². The molecule has 5 rings (SSSR count). The summed E-state index contributed by atoms with van der Waals surface area (Å²) in [7, 11) is 3.04. The molecule has 0 aliphatic carbocycles. The van der Waals surface area contributed by atoms with Crippen LogP contribution in [0.3, 0.4) is 0 Å². The molecule has 2 aliphatic rings. The highest BCUT2D eigenvalue weighted by molar-refractivity contribution is 8.15. The highest BCUT2D eigenvalue weighted by Crippen LogP contribution is 2.39. The fourth-order valence-corrected chi connectivity index (χ4v) is 5.50. The number of halogens is 1. The number of carbonyl (C=O) groups is 2. The van der Waals surface area contributed by atoms with Gasteiger partial charge in [0, 0.05) is 18.9 Å². The maximum absolute atomic E-state index is 13.5. The van der Waals surface area contributed by atoms with E-state index >= 15 is 0 Å². The lowest BCUT2D eigenvalue weighted by Gasteiger charge is -2.23. The van der Waals surface area contributed by atoms with Gasteiger partial charge in [-0.05, 0) is 42.3 Å². The highest BCUT2D eigenvalue weighted by atomic mass is 32.2. The van der Waals surface area contributed by atoms with Gasteiger partial charge in [0.25, 0.3) is 5.91 Å². The van der Waals surface area contributed by atoms with Gasteiger partial charge in [-0.25, -0.2) is 9.40 Å². The van der Waals surface area contributed by atoms with E-state index in [-0.39, 0.29) is 24.2 Å². The van der Waals surface area contributed by atoms with E-state index < -0.39 is 11.2 Å². The predicted octanol–water partition coefficient (Wildman–Crippen LogP) is 5.33. The van der Waals surface area contributed by atoms with Crippen LogP contribution in [-0.2, 0) is 9.59 Å². The molecule has 3 aromatic carbocycles. The van der Waals surface area contributed by atoms with E-state index in [1.165, 1.54) is 38.1 Å². The summed E-state index contributed by atoms with van der Waals surface area (Å²) in [5.41, 5.74) is 4.16. The number of nitrogens with one attached hydrogen (secondary N) is 1. The molecule has 8 nitrogen and oxygen atoms in total. The summed E-state index contributed by atoms with van der Waals surface area (Å²) in [6, 6.07) is 19.2. The van der Waals surface area contributed by atoms with Crippen molar-refractivity contribution in [2.75, 3.05) is 19.5 Å². The number of ether oxygens (including phenoxy) is 2. The van der Waals surface area contributed by atoms with Crippen molar-refractivity contribution < 1.29 is 23.5 Å². The number of aliphatic imine (C=N–C) groups is 1. The zero-order valence-electron chi connectivity index (χ0n) is 21.7. The van der Waals surface area contributed by atoms with Gasteiger partial charge in [-0.3, -0.25) is 9.59 Å². The van der Waals surface area contributed by atoms with Crippen molar-refractivity contribution in [1.82, 2.24) is 5.01 Å². The van der Waals surface area contributed by atoms with Gasteiger partial charge in [0.1, 0.15) is 22.6 Å². The molecule has 200 valence electrons. The number of aryl methyl sites for hydroxylation is 1. The van der Waals surface area contributed by atoms with Crippen LogP contribution in [0.25, 0.3) is 0 Å². The Morgan fingerprint density at radius 3 is 2.51 bits per heavy atom. The van der Waals surface area contributed by atoms with Crippen molar-refractivity contribution in [2.45, 2.75) is 31.1 Å². The second-order valence-corrected chi connectivity index (χ2v) is 10.4. The molecule has 0 radical (unpaired) electrons. The molecule has 0 unspecified atom stereocenters. The fraction of sp³-hybridized carbons (Fsp3) is 0.241. The van der Waals surface area contributed by atoms with E-state index in [0.29, 0.717) is 28.8 Å². The van der Waals surface area contributed by atoms with Crippen LogP contribution in [0.4, 0.5) is 10.1 Å². The maximum Gasteiger partial charge on any atom is 0.262 e. The third-order valence-corrected chi connectivity index (χ3v) is 7.67. The summed E-state index contributed by atoms with van der Waals surface area (Å²) >= 11 is 1.22. The molecule has 0 spiro atoms. The number of hydrogen-bond donors (Lipinski definition) is 1. The smallest absolute Gasteiger partial charge is 0.262 e. The molecular weight excluding hydrogens is 519 g/mol. The Morgan fingerprint density at radius 2 is 1.82 bits per heavy atom. The van der Waals surface area contributed by atoms with Crippen LogP contribution in [0.5, 0.6) is 11.5 Å². The molecule has 2 heterocycles. The molecule has 0 saturated carbocycles. The predicted molar refractivity (Wildman–Crippen MR) is 150 cm³/mol. The Morgan fingerprint density at radius 1 is 1.08 bits per heavy atom. The van der Waals surface area contributed by atoms with Crippen molar-refractivity contribution in [3.63, 3.8) is 0 Å². The van der Waals surface area contributed by atoms with Crippen LogP contribution in [0.1, 0.15) is 35.6 Å². The third kappa shape index (κ3) is 5.80. The Labute approximate surface area is 229 Å². The fourth-order valence-electron chi connectivity index (χ4n) is 4.44. The lowest BCUT2D eigenvalue weighted by molar-refractivity contribution is -0.121. The molecule has 2 aliphatic heterocycles. The number of hydrazone groups is 1. The van der Waals surface area contributed by atoms with Crippen LogP contribution in [0, 0.1) is 12.7 Å². The number of thioether (sulfide) groups is 1. The molecule has 1 N–H and O–H groups in total. The average Bonchev–Trinajstić information content (AvgIpc) is 3.53. The normalized spacial score (nSPS) is 18.6. The van der Waals surface area contributed by atoms with Crippen molar-refractivity contribution in [1.29, 1.82) is 0 Å². The Balaban J connectivity index is 1.34. The number of hydrogen-bond acceptors (Lipinski definition) is 7. The van der Waals surface area contributed by atoms with Gasteiger partial charge in [-0.2, -0.15) is 10.1 Å². The van der Waals surface area contributed by atoms with E-state index in [1.807, 2.05) is 31.2 Å². The third-order valence-electron chi connectivity index (χ3n) is 6.53. The van der Waals surface area contributed by atoms with Gasteiger partial charge in [-0.1, -0.05) is 53.7 Å². The van der Waals surface area contributed by atoms with Gasteiger partial charge >= 0.3 is 0 Å². The van der Waals surface area contributed by atoms with Crippen LogP contribution >= 0.6 is 11.8 Å². The van der Waals surface area contributed by atoms with E-state index in [4.69, 9.17) is 14.6 Å². The number of rotatable bonds is 7. The quantitative estimate of drug-likeness (QED) is 0.431. The first-order chi connectivity index (χ1) is 18.8. The average molecular weight is 547 g/mol. The topological polar surface area (TPSA) is 92.6 Å². The first-order valence-electron chi connectivity index (χ1n) is 12.3. The van der Waals surface area contributed by atoms with Gasteiger partial charge in [-0.15, -0.1) is 0 Å². The SMILES string of the molecule is COc1ccc(OC)c(NC(=O)C[C@@H]2SC(N3N=C(c4ccc(F)cc4)C[C@H]3c3ccc(C)cc3)=NC2=O)c1. The Kier molecular flexibility index (Phi) is 7.65. The summed E-state index contributed by atoms with van der Waals surface area (Å²) in [5.74, 6) is -0.0220. The monoisotopic (exact) mass is 546 g/mol. The molecule has 0 bridgehead atoms. The number of nitrogens with zero attached hydrogens (tertiary/aromatic N) is 3. The van der Waals surface area contributed by atoms with Crippen LogP contribution < -0.4 is 14.8 Å². The first-order valence-corrected chi connectivity index (χ1v) is 13.2. The minimum Gasteiger partial charge on any atom is -0.497 e. The van der Waals surface area contributed by atoms with Gasteiger partial charge in [0.05, 0.1) is 31.7 Å². The van der Waals surface area contributed by atoms with Crippen LogP contribution in [0.2, 0.25) is 0 Å². The van der Waals surface area contributed by atoms with Crippen LogP contribution in [-0.4, -0.2) is 47.2 Å². The number of amidine groups is 1. The number of anilines is 1. The van der Waals surface area contributed by atoms with Gasteiger partial charge in [0.15, 0.2) is 5.17 Å². The number of benzene rings is 3. The largest absolute Gasteiger partial charge is 0.497 e. The summed E-state index contributed by atoms with van der Waals surface area (Å²) < 4.78 is 24.1. The van der Waals surface area contributed by atoms with E-state index in [9.17, 15) is 14.0 Å².